The van der Waals surface area contributed by atoms with E-state index in [0.29, 0.717) is 39.9 Å². The van der Waals surface area contributed by atoms with E-state index >= 15 is 4.39 Å². The third-order valence-corrected chi connectivity index (χ3v) is 5.72. The minimum absolute atomic E-state index is 0.0906. The SMILES string of the molecule is COc1cc2c(Oc3ccc4[nH]c(C)cc4c3F)ncnc2cc1OC/C=C/N1CCCC1. The summed E-state index contributed by atoms with van der Waals surface area (Å²) in [5.41, 5.74) is 2.20. The third-order valence-electron chi connectivity index (χ3n) is 5.72. The van der Waals surface area contributed by atoms with E-state index in [2.05, 4.69) is 26.1 Å². The number of hydrogen-bond acceptors (Lipinski definition) is 6. The predicted octanol–water partition coefficient (Wildman–Crippen LogP) is 5.35. The number of aryl methyl sites for hydroxylation is 1. The van der Waals surface area contributed by atoms with Crippen LogP contribution in [-0.2, 0) is 0 Å². The van der Waals surface area contributed by atoms with Gasteiger partial charge in [0.15, 0.2) is 23.1 Å². The fourth-order valence-electron chi connectivity index (χ4n) is 4.09. The lowest BCUT2D eigenvalue weighted by atomic mass is 10.2. The lowest BCUT2D eigenvalue weighted by Crippen LogP contribution is -2.11. The van der Waals surface area contributed by atoms with Crippen LogP contribution in [-0.4, -0.2) is 46.7 Å². The molecule has 7 nitrogen and oxygen atoms in total. The van der Waals surface area contributed by atoms with Crippen molar-refractivity contribution in [2.24, 2.45) is 0 Å². The number of nitrogens with one attached hydrogen (secondary N) is 1. The van der Waals surface area contributed by atoms with Crippen LogP contribution in [0.3, 0.4) is 0 Å². The molecule has 1 aliphatic heterocycles. The van der Waals surface area contributed by atoms with E-state index in [1.54, 1.807) is 37.4 Å². The molecule has 0 unspecified atom stereocenters. The van der Waals surface area contributed by atoms with Gasteiger partial charge in [-0.15, -0.1) is 0 Å². The monoisotopic (exact) mass is 448 g/mol. The van der Waals surface area contributed by atoms with Gasteiger partial charge in [-0.2, -0.15) is 0 Å². The van der Waals surface area contributed by atoms with Gasteiger partial charge in [0, 0.05) is 35.8 Å². The summed E-state index contributed by atoms with van der Waals surface area (Å²) in [4.78, 5) is 14.0. The zero-order valence-corrected chi connectivity index (χ0v) is 18.6. The molecule has 5 rings (SSSR count). The van der Waals surface area contributed by atoms with Crippen molar-refractivity contribution in [2.75, 3.05) is 26.8 Å². The van der Waals surface area contributed by atoms with E-state index in [0.717, 1.165) is 18.8 Å². The fraction of sp³-hybridized carbons (Fsp3) is 0.280. The topological polar surface area (TPSA) is 72.5 Å². The van der Waals surface area contributed by atoms with Gasteiger partial charge in [-0.25, -0.2) is 14.4 Å². The van der Waals surface area contributed by atoms with E-state index < -0.39 is 5.82 Å². The molecule has 1 aliphatic rings. The van der Waals surface area contributed by atoms with Crippen molar-refractivity contribution in [1.29, 1.82) is 0 Å². The number of fused-ring (bicyclic) bond motifs is 2. The molecule has 2 aromatic carbocycles. The van der Waals surface area contributed by atoms with Crippen molar-refractivity contribution in [3.63, 3.8) is 0 Å². The zero-order chi connectivity index (χ0) is 22.8. The maximum absolute atomic E-state index is 15.0. The Kier molecular flexibility index (Phi) is 5.73. The molecule has 0 spiro atoms. The summed E-state index contributed by atoms with van der Waals surface area (Å²) in [7, 11) is 1.57. The largest absolute Gasteiger partial charge is 0.493 e. The number of H-pyrrole nitrogens is 1. The van der Waals surface area contributed by atoms with E-state index in [9.17, 15) is 0 Å². The van der Waals surface area contributed by atoms with Crippen molar-refractivity contribution in [1.82, 2.24) is 19.9 Å². The summed E-state index contributed by atoms with van der Waals surface area (Å²) in [5.74, 6) is 0.975. The maximum atomic E-state index is 15.0. The molecule has 0 bridgehead atoms. The molecule has 170 valence electrons. The van der Waals surface area contributed by atoms with Gasteiger partial charge in [0.2, 0.25) is 5.88 Å². The first-order chi connectivity index (χ1) is 16.1. The number of benzene rings is 2. The minimum atomic E-state index is -0.444. The standard InChI is InChI=1S/C25H25FN4O3/c1-16-12-17-19(29-16)6-7-21(24(17)26)33-25-18-13-22(31-2)23(14-20(18)27-15-28-25)32-11-5-10-30-8-3-4-9-30/h5-7,10,12-15,29H,3-4,8-9,11H2,1-2H3/b10-5+. The summed E-state index contributed by atoms with van der Waals surface area (Å²) < 4.78 is 32.3. The quantitative estimate of drug-likeness (QED) is 0.411. The van der Waals surface area contributed by atoms with Gasteiger partial charge in [-0.1, -0.05) is 0 Å². The Hall–Kier alpha value is -3.81. The third kappa shape index (κ3) is 4.28. The Morgan fingerprint density at radius 1 is 1.06 bits per heavy atom. The molecule has 4 aromatic rings. The molecule has 0 radical (unpaired) electrons. The highest BCUT2D eigenvalue weighted by atomic mass is 19.1. The Labute approximate surface area is 190 Å². The lowest BCUT2D eigenvalue weighted by Gasteiger charge is -2.13. The number of aromatic nitrogens is 3. The predicted molar refractivity (Wildman–Crippen MR) is 125 cm³/mol. The fourth-order valence-corrected chi connectivity index (χ4v) is 4.09. The van der Waals surface area contributed by atoms with Gasteiger partial charge < -0.3 is 24.1 Å². The van der Waals surface area contributed by atoms with Crippen molar-refractivity contribution >= 4 is 21.8 Å². The first-order valence-corrected chi connectivity index (χ1v) is 10.9. The first-order valence-electron chi connectivity index (χ1n) is 10.9. The maximum Gasteiger partial charge on any atom is 0.230 e. The smallest absolute Gasteiger partial charge is 0.230 e. The molecule has 0 atom stereocenters. The first kappa shape index (κ1) is 21.1. The van der Waals surface area contributed by atoms with Crippen LogP contribution in [0.15, 0.2) is 48.9 Å². The van der Waals surface area contributed by atoms with Gasteiger partial charge >= 0.3 is 0 Å². The number of likely N-dealkylation sites (tertiary alicyclic amines) is 1. The van der Waals surface area contributed by atoms with Gasteiger partial charge in [0.25, 0.3) is 0 Å². The highest BCUT2D eigenvalue weighted by Gasteiger charge is 2.16. The molecule has 2 aromatic heterocycles. The molecular formula is C25H25FN4O3. The average molecular weight is 448 g/mol. The summed E-state index contributed by atoms with van der Waals surface area (Å²) in [6.45, 7) is 4.47. The summed E-state index contributed by atoms with van der Waals surface area (Å²) in [6, 6.07) is 8.65. The molecule has 3 heterocycles. The molecule has 33 heavy (non-hydrogen) atoms. The van der Waals surface area contributed by atoms with Crippen LogP contribution < -0.4 is 14.2 Å². The summed E-state index contributed by atoms with van der Waals surface area (Å²) in [6.07, 6.45) is 7.92. The second-order valence-corrected chi connectivity index (χ2v) is 8.03. The Morgan fingerprint density at radius 3 is 2.73 bits per heavy atom. The number of ether oxygens (including phenoxy) is 3. The molecule has 1 saturated heterocycles. The van der Waals surface area contributed by atoms with Crippen molar-refractivity contribution in [2.45, 2.75) is 19.8 Å². The molecule has 1 N–H and O–H groups in total. The van der Waals surface area contributed by atoms with E-state index in [4.69, 9.17) is 14.2 Å². The molecule has 0 aliphatic carbocycles. The molecular weight excluding hydrogens is 423 g/mol. The second-order valence-electron chi connectivity index (χ2n) is 8.03. The van der Waals surface area contributed by atoms with E-state index in [1.165, 1.54) is 19.2 Å². The molecule has 1 fully saturated rings. The minimum Gasteiger partial charge on any atom is -0.493 e. The Bertz CT molecular complexity index is 1330. The zero-order valence-electron chi connectivity index (χ0n) is 18.6. The van der Waals surface area contributed by atoms with Crippen LogP contribution in [0.5, 0.6) is 23.1 Å². The Balaban J connectivity index is 1.41. The molecule has 8 heteroatoms. The van der Waals surface area contributed by atoms with Crippen LogP contribution in [0.2, 0.25) is 0 Å². The summed E-state index contributed by atoms with van der Waals surface area (Å²) >= 11 is 0. The Morgan fingerprint density at radius 2 is 1.91 bits per heavy atom. The number of methoxy groups -OCH3 is 1. The second kappa shape index (κ2) is 8.97. The van der Waals surface area contributed by atoms with Crippen molar-refractivity contribution in [3.05, 3.63) is 60.4 Å². The highest BCUT2D eigenvalue weighted by Crippen LogP contribution is 2.37. The number of rotatable bonds is 7. The van der Waals surface area contributed by atoms with Gasteiger partial charge in [-0.05, 0) is 56.3 Å². The number of nitrogens with zero attached hydrogens (tertiary/aromatic N) is 3. The van der Waals surface area contributed by atoms with Crippen molar-refractivity contribution < 1.29 is 18.6 Å². The van der Waals surface area contributed by atoms with Crippen LogP contribution in [0.4, 0.5) is 4.39 Å². The highest BCUT2D eigenvalue weighted by molar-refractivity contribution is 5.87. The lowest BCUT2D eigenvalue weighted by molar-refractivity contribution is 0.324. The van der Waals surface area contributed by atoms with Crippen LogP contribution in [0.1, 0.15) is 18.5 Å². The van der Waals surface area contributed by atoms with E-state index in [-0.39, 0.29) is 11.6 Å². The number of hydrogen-bond donors (Lipinski definition) is 1. The number of halogens is 1. The van der Waals surface area contributed by atoms with Crippen LogP contribution >= 0.6 is 0 Å². The average Bonchev–Trinajstić information content (AvgIpc) is 3.47. The van der Waals surface area contributed by atoms with Gasteiger partial charge in [0.1, 0.15) is 12.9 Å². The van der Waals surface area contributed by atoms with Crippen LogP contribution in [0.25, 0.3) is 21.8 Å². The van der Waals surface area contributed by atoms with Crippen LogP contribution in [0, 0.1) is 12.7 Å². The van der Waals surface area contributed by atoms with Gasteiger partial charge in [0.05, 0.1) is 18.0 Å². The normalized spacial score (nSPS) is 14.0. The molecule has 0 amide bonds. The van der Waals surface area contributed by atoms with Crippen molar-refractivity contribution in [3.8, 4) is 23.1 Å². The van der Waals surface area contributed by atoms with Gasteiger partial charge in [-0.3, -0.25) is 0 Å². The van der Waals surface area contributed by atoms with E-state index in [1.807, 2.05) is 13.0 Å². The number of aromatic amines is 1. The summed E-state index contributed by atoms with van der Waals surface area (Å²) in [5, 5.41) is 1.07. The molecule has 0 saturated carbocycles.